The topological polar surface area (TPSA) is 80.1 Å². The maximum atomic E-state index is 13.3. The van der Waals surface area contributed by atoms with Gasteiger partial charge in [-0.05, 0) is 31.4 Å². The zero-order chi connectivity index (χ0) is 18.4. The Balaban J connectivity index is 1.90. The fraction of sp³-hybridized carbons (Fsp3) is 0.333. The number of carbonyl (C=O) groups is 2. The zero-order valence-electron chi connectivity index (χ0n) is 14.8. The predicted octanol–water partition coefficient (Wildman–Crippen LogP) is 1.97. The first-order valence-corrected chi connectivity index (χ1v) is 9.32. The van der Waals surface area contributed by atoms with Gasteiger partial charge < -0.3 is 10.2 Å². The standard InChI is InChI=1S/C18H19N5O2S/c1-10-15-12(18(25)23-7-6-19-17(24)11(23)2)9-13(14-5-4-8-26-14)20-16(15)22(3)21-10/h4-5,8-9,11H,6-7H2,1-3H3,(H,19,24). The molecule has 1 atom stereocenters. The molecule has 0 aromatic carbocycles. The lowest BCUT2D eigenvalue weighted by Crippen LogP contribution is -2.55. The quantitative estimate of drug-likeness (QED) is 0.749. The number of amides is 2. The van der Waals surface area contributed by atoms with Gasteiger partial charge in [0.1, 0.15) is 6.04 Å². The Morgan fingerprint density at radius 1 is 1.42 bits per heavy atom. The first-order chi connectivity index (χ1) is 12.5. The third-order valence-electron chi connectivity index (χ3n) is 4.73. The van der Waals surface area contributed by atoms with Crippen molar-refractivity contribution < 1.29 is 9.59 Å². The fourth-order valence-corrected chi connectivity index (χ4v) is 4.06. The molecule has 0 spiro atoms. The largest absolute Gasteiger partial charge is 0.353 e. The van der Waals surface area contributed by atoms with E-state index >= 15 is 0 Å². The highest BCUT2D eigenvalue weighted by Crippen LogP contribution is 2.30. The van der Waals surface area contributed by atoms with Gasteiger partial charge in [0.15, 0.2) is 5.65 Å². The summed E-state index contributed by atoms with van der Waals surface area (Å²) in [5, 5.41) is 9.96. The monoisotopic (exact) mass is 369 g/mol. The molecule has 26 heavy (non-hydrogen) atoms. The summed E-state index contributed by atoms with van der Waals surface area (Å²) in [4.78, 5) is 32.7. The van der Waals surface area contributed by atoms with Crippen LogP contribution in [-0.4, -0.2) is 50.6 Å². The highest BCUT2D eigenvalue weighted by molar-refractivity contribution is 7.13. The number of carbonyl (C=O) groups excluding carboxylic acids is 2. The van der Waals surface area contributed by atoms with Gasteiger partial charge in [0.2, 0.25) is 5.91 Å². The van der Waals surface area contributed by atoms with Crippen LogP contribution in [0.2, 0.25) is 0 Å². The number of pyridine rings is 1. The van der Waals surface area contributed by atoms with Crippen LogP contribution in [0, 0.1) is 6.92 Å². The molecule has 2 amide bonds. The van der Waals surface area contributed by atoms with Crippen molar-refractivity contribution in [1.82, 2.24) is 25.0 Å². The summed E-state index contributed by atoms with van der Waals surface area (Å²) in [6.07, 6.45) is 0. The molecular formula is C18H19N5O2S. The summed E-state index contributed by atoms with van der Waals surface area (Å²) >= 11 is 1.57. The second-order valence-corrected chi connectivity index (χ2v) is 7.35. The van der Waals surface area contributed by atoms with Crippen LogP contribution in [-0.2, 0) is 11.8 Å². The maximum Gasteiger partial charge on any atom is 0.255 e. The number of aryl methyl sites for hydroxylation is 2. The van der Waals surface area contributed by atoms with E-state index in [1.54, 1.807) is 27.8 Å². The van der Waals surface area contributed by atoms with Crippen LogP contribution >= 0.6 is 11.3 Å². The van der Waals surface area contributed by atoms with Crippen molar-refractivity contribution in [1.29, 1.82) is 0 Å². The molecule has 1 fully saturated rings. The predicted molar refractivity (Wildman–Crippen MR) is 100 cm³/mol. The van der Waals surface area contributed by atoms with Crippen molar-refractivity contribution in [3.63, 3.8) is 0 Å². The normalized spacial score (nSPS) is 17.6. The molecule has 1 unspecified atom stereocenters. The minimum absolute atomic E-state index is 0.128. The molecule has 1 aliphatic rings. The molecule has 3 aromatic heterocycles. The number of thiophene rings is 1. The van der Waals surface area contributed by atoms with Crippen LogP contribution in [0.15, 0.2) is 23.6 Å². The number of nitrogens with zero attached hydrogens (tertiary/aromatic N) is 4. The number of hydrogen-bond acceptors (Lipinski definition) is 5. The molecule has 0 bridgehead atoms. The van der Waals surface area contributed by atoms with E-state index < -0.39 is 6.04 Å². The van der Waals surface area contributed by atoms with Crippen LogP contribution in [0.1, 0.15) is 23.0 Å². The lowest BCUT2D eigenvalue weighted by molar-refractivity contribution is -0.127. The van der Waals surface area contributed by atoms with Gasteiger partial charge in [0.25, 0.3) is 5.91 Å². The average Bonchev–Trinajstić information content (AvgIpc) is 3.25. The van der Waals surface area contributed by atoms with Gasteiger partial charge in [0, 0.05) is 20.1 Å². The Kier molecular flexibility index (Phi) is 3.99. The zero-order valence-corrected chi connectivity index (χ0v) is 15.6. The number of piperazine rings is 1. The van der Waals surface area contributed by atoms with Crippen LogP contribution in [0.4, 0.5) is 0 Å². The molecule has 8 heteroatoms. The first kappa shape index (κ1) is 16.7. The van der Waals surface area contributed by atoms with Gasteiger partial charge in [-0.25, -0.2) is 4.98 Å². The number of nitrogens with one attached hydrogen (secondary N) is 1. The van der Waals surface area contributed by atoms with Crippen molar-refractivity contribution in [2.24, 2.45) is 7.05 Å². The van der Waals surface area contributed by atoms with Crippen molar-refractivity contribution >= 4 is 34.2 Å². The van der Waals surface area contributed by atoms with E-state index in [-0.39, 0.29) is 11.8 Å². The third-order valence-corrected chi connectivity index (χ3v) is 5.62. The molecular weight excluding hydrogens is 350 g/mol. The van der Waals surface area contributed by atoms with Crippen molar-refractivity contribution in [2.75, 3.05) is 13.1 Å². The smallest absolute Gasteiger partial charge is 0.255 e. The molecule has 4 heterocycles. The van der Waals surface area contributed by atoms with Crippen LogP contribution < -0.4 is 5.32 Å². The summed E-state index contributed by atoms with van der Waals surface area (Å²) in [6.45, 7) is 4.58. The molecule has 134 valence electrons. The molecule has 3 aromatic rings. The van der Waals surface area contributed by atoms with Crippen molar-refractivity contribution in [2.45, 2.75) is 19.9 Å². The molecule has 1 aliphatic heterocycles. The Morgan fingerprint density at radius 2 is 2.23 bits per heavy atom. The molecule has 4 rings (SSSR count). The Morgan fingerprint density at radius 3 is 2.96 bits per heavy atom. The highest BCUT2D eigenvalue weighted by atomic mass is 32.1. The van der Waals surface area contributed by atoms with Gasteiger partial charge in [-0.1, -0.05) is 6.07 Å². The molecule has 0 radical (unpaired) electrons. The SMILES string of the molecule is Cc1nn(C)c2nc(-c3cccs3)cc(C(=O)N3CCNC(=O)C3C)c12. The lowest BCUT2D eigenvalue weighted by Gasteiger charge is -2.33. The summed E-state index contributed by atoms with van der Waals surface area (Å²) in [7, 11) is 1.83. The van der Waals surface area contributed by atoms with Gasteiger partial charge in [-0.3, -0.25) is 14.3 Å². The second kappa shape index (κ2) is 6.21. The number of rotatable bonds is 2. The van der Waals surface area contributed by atoms with Crippen LogP contribution in [0.3, 0.4) is 0 Å². The number of aromatic nitrogens is 3. The number of hydrogen-bond donors (Lipinski definition) is 1. The average molecular weight is 369 g/mol. The minimum Gasteiger partial charge on any atom is -0.353 e. The lowest BCUT2D eigenvalue weighted by atomic mass is 10.1. The number of fused-ring (bicyclic) bond motifs is 1. The summed E-state index contributed by atoms with van der Waals surface area (Å²) in [5.74, 6) is -0.287. The molecule has 1 N–H and O–H groups in total. The third kappa shape index (κ3) is 2.57. The Bertz CT molecular complexity index is 1010. The second-order valence-electron chi connectivity index (χ2n) is 6.41. The van der Waals surface area contributed by atoms with E-state index in [0.29, 0.717) is 24.3 Å². The van der Waals surface area contributed by atoms with E-state index in [2.05, 4.69) is 10.4 Å². The molecule has 7 nitrogen and oxygen atoms in total. The van der Waals surface area contributed by atoms with E-state index in [9.17, 15) is 9.59 Å². The fourth-order valence-electron chi connectivity index (χ4n) is 3.38. The molecule has 0 aliphatic carbocycles. The van der Waals surface area contributed by atoms with Crippen molar-refractivity contribution in [3.05, 3.63) is 34.8 Å². The minimum atomic E-state index is -0.498. The molecule has 1 saturated heterocycles. The van der Waals surface area contributed by atoms with Gasteiger partial charge in [-0.15, -0.1) is 11.3 Å². The summed E-state index contributed by atoms with van der Waals surface area (Å²) < 4.78 is 1.70. The summed E-state index contributed by atoms with van der Waals surface area (Å²) in [5.41, 5.74) is 2.72. The van der Waals surface area contributed by atoms with Crippen molar-refractivity contribution in [3.8, 4) is 10.6 Å². The summed E-state index contributed by atoms with van der Waals surface area (Å²) in [6, 6.07) is 5.26. The van der Waals surface area contributed by atoms with E-state index in [1.807, 2.05) is 37.6 Å². The first-order valence-electron chi connectivity index (χ1n) is 8.44. The van der Waals surface area contributed by atoms with E-state index in [4.69, 9.17) is 4.98 Å². The van der Waals surface area contributed by atoms with E-state index in [0.717, 1.165) is 21.7 Å². The van der Waals surface area contributed by atoms with E-state index in [1.165, 1.54) is 0 Å². The van der Waals surface area contributed by atoms with Crippen LogP contribution in [0.25, 0.3) is 21.6 Å². The Labute approximate surface area is 154 Å². The van der Waals surface area contributed by atoms with Gasteiger partial charge in [-0.2, -0.15) is 5.10 Å². The van der Waals surface area contributed by atoms with Gasteiger partial charge >= 0.3 is 0 Å². The highest BCUT2D eigenvalue weighted by Gasteiger charge is 2.32. The van der Waals surface area contributed by atoms with Crippen LogP contribution in [0.5, 0.6) is 0 Å². The Hall–Kier alpha value is -2.74. The maximum absolute atomic E-state index is 13.3. The molecule has 0 saturated carbocycles. The van der Waals surface area contributed by atoms with Gasteiger partial charge in [0.05, 0.1) is 27.2 Å².